The zero-order chi connectivity index (χ0) is 14.8. The number of nitrogens with two attached hydrogens (primary N) is 1. The second-order valence-electron chi connectivity index (χ2n) is 5.18. The lowest BCUT2D eigenvalue weighted by Gasteiger charge is -2.22. The number of rotatable bonds is 4. The predicted octanol–water partition coefficient (Wildman–Crippen LogP) is 4.19. The van der Waals surface area contributed by atoms with Gasteiger partial charge >= 0.3 is 0 Å². The molecule has 0 saturated carbocycles. The third kappa shape index (κ3) is 3.46. The van der Waals surface area contributed by atoms with Crippen molar-refractivity contribution in [1.29, 1.82) is 0 Å². The summed E-state index contributed by atoms with van der Waals surface area (Å²) >= 11 is 11.7. The monoisotopic (exact) mass is 382 g/mol. The molecule has 2 unspecified atom stereocenters. The summed E-state index contributed by atoms with van der Waals surface area (Å²) in [5.41, 5.74) is 5.51. The fourth-order valence-electron chi connectivity index (χ4n) is 2.66. The molecule has 2 aromatic carbocycles. The molecular formula is C16H16BrClN2S. The maximum Gasteiger partial charge on any atom is 0.0449 e. The van der Waals surface area contributed by atoms with Gasteiger partial charge < -0.3 is 0 Å². The number of hydrogen-bond acceptors (Lipinski definition) is 3. The Hall–Kier alpha value is -0.520. The maximum atomic E-state index is 6.32. The number of fused-ring (bicyclic) bond motifs is 1. The Morgan fingerprint density at radius 2 is 2.14 bits per heavy atom. The fourth-order valence-corrected chi connectivity index (χ4v) is 4.79. The third-order valence-corrected chi connectivity index (χ3v) is 6.09. The summed E-state index contributed by atoms with van der Waals surface area (Å²) < 4.78 is 0.996. The lowest BCUT2D eigenvalue weighted by atomic mass is 9.99. The molecular weight excluding hydrogens is 368 g/mol. The standard InChI is InChI=1S/C16H16BrClN2S/c17-12-6-5-10(13(18)9-12)7-14(20-19)16-8-11-3-1-2-4-15(11)21-16/h1-6,9,14,16,20H,7-8,19H2. The Bertz CT molecular complexity index is 625. The Morgan fingerprint density at radius 1 is 1.33 bits per heavy atom. The van der Waals surface area contributed by atoms with Crippen LogP contribution in [0.3, 0.4) is 0 Å². The Morgan fingerprint density at radius 3 is 2.86 bits per heavy atom. The summed E-state index contributed by atoms with van der Waals surface area (Å²) in [7, 11) is 0. The maximum absolute atomic E-state index is 6.32. The summed E-state index contributed by atoms with van der Waals surface area (Å²) in [5.74, 6) is 5.80. The van der Waals surface area contributed by atoms with Crippen LogP contribution in [0.4, 0.5) is 0 Å². The minimum atomic E-state index is 0.195. The topological polar surface area (TPSA) is 38.0 Å². The molecule has 3 rings (SSSR count). The van der Waals surface area contributed by atoms with Crippen LogP contribution in [0.2, 0.25) is 5.02 Å². The first-order chi connectivity index (χ1) is 10.2. The van der Waals surface area contributed by atoms with Gasteiger partial charge in [0, 0.05) is 25.7 Å². The molecule has 2 nitrogen and oxygen atoms in total. The van der Waals surface area contributed by atoms with Crippen LogP contribution in [-0.2, 0) is 12.8 Å². The van der Waals surface area contributed by atoms with Crippen LogP contribution in [0.25, 0.3) is 0 Å². The van der Waals surface area contributed by atoms with E-state index in [1.54, 1.807) is 0 Å². The molecule has 1 aliphatic rings. The van der Waals surface area contributed by atoms with Gasteiger partial charge in [0.15, 0.2) is 0 Å². The third-order valence-electron chi connectivity index (χ3n) is 3.79. The van der Waals surface area contributed by atoms with Crippen molar-refractivity contribution in [2.75, 3.05) is 0 Å². The lowest BCUT2D eigenvalue weighted by Crippen LogP contribution is -2.44. The van der Waals surface area contributed by atoms with Crippen LogP contribution < -0.4 is 11.3 Å². The van der Waals surface area contributed by atoms with E-state index < -0.39 is 0 Å². The van der Waals surface area contributed by atoms with Crippen LogP contribution in [0.1, 0.15) is 11.1 Å². The number of hydrogen-bond donors (Lipinski definition) is 2. The van der Waals surface area contributed by atoms with Gasteiger partial charge in [-0.2, -0.15) is 0 Å². The quantitative estimate of drug-likeness (QED) is 0.614. The van der Waals surface area contributed by atoms with Crippen molar-refractivity contribution in [1.82, 2.24) is 5.43 Å². The minimum absolute atomic E-state index is 0.195. The van der Waals surface area contributed by atoms with Crippen molar-refractivity contribution in [3.8, 4) is 0 Å². The van der Waals surface area contributed by atoms with E-state index in [-0.39, 0.29) is 6.04 Å². The summed E-state index contributed by atoms with van der Waals surface area (Å²) in [4.78, 5) is 1.37. The van der Waals surface area contributed by atoms with E-state index >= 15 is 0 Å². The number of thioether (sulfide) groups is 1. The first kappa shape index (κ1) is 15.4. The SMILES string of the molecule is NNC(Cc1ccc(Br)cc1Cl)C1Cc2ccccc2S1. The largest absolute Gasteiger partial charge is 0.271 e. The molecule has 3 N–H and O–H groups in total. The molecule has 0 aliphatic carbocycles. The summed E-state index contributed by atoms with van der Waals surface area (Å²) in [6.07, 6.45) is 1.87. The highest BCUT2D eigenvalue weighted by Gasteiger charge is 2.29. The highest BCUT2D eigenvalue weighted by molar-refractivity contribution is 9.10. The van der Waals surface area contributed by atoms with E-state index in [0.29, 0.717) is 5.25 Å². The summed E-state index contributed by atoms with van der Waals surface area (Å²) in [6, 6.07) is 14.8. The molecule has 2 atom stereocenters. The Kier molecular flexibility index (Phi) is 4.92. The zero-order valence-electron chi connectivity index (χ0n) is 11.4. The van der Waals surface area contributed by atoms with Crippen LogP contribution in [0, 0.1) is 0 Å². The van der Waals surface area contributed by atoms with Crippen molar-refractivity contribution in [2.45, 2.75) is 29.0 Å². The van der Waals surface area contributed by atoms with Crippen molar-refractivity contribution in [3.63, 3.8) is 0 Å². The van der Waals surface area contributed by atoms with E-state index in [0.717, 1.165) is 27.9 Å². The average Bonchev–Trinajstić information content (AvgIpc) is 2.90. The summed E-state index contributed by atoms with van der Waals surface area (Å²) in [6.45, 7) is 0. The molecule has 0 spiro atoms. The van der Waals surface area contributed by atoms with Gasteiger partial charge in [0.1, 0.15) is 0 Å². The smallest absolute Gasteiger partial charge is 0.0449 e. The van der Waals surface area contributed by atoms with Crippen LogP contribution >= 0.6 is 39.3 Å². The predicted molar refractivity (Wildman–Crippen MR) is 93.8 cm³/mol. The van der Waals surface area contributed by atoms with Gasteiger partial charge in [-0.15, -0.1) is 11.8 Å². The molecule has 0 saturated heterocycles. The molecule has 0 fully saturated rings. The van der Waals surface area contributed by atoms with E-state index in [4.69, 9.17) is 17.4 Å². The van der Waals surface area contributed by atoms with Crippen molar-refractivity contribution < 1.29 is 0 Å². The highest BCUT2D eigenvalue weighted by Crippen LogP contribution is 2.39. The molecule has 0 amide bonds. The van der Waals surface area contributed by atoms with Gasteiger partial charge in [-0.05, 0) is 42.2 Å². The van der Waals surface area contributed by atoms with Crippen molar-refractivity contribution in [3.05, 3.63) is 63.1 Å². The van der Waals surface area contributed by atoms with Gasteiger partial charge in [-0.3, -0.25) is 11.3 Å². The number of nitrogens with one attached hydrogen (secondary N) is 1. The Labute approximate surface area is 142 Å². The van der Waals surface area contributed by atoms with E-state index in [9.17, 15) is 0 Å². The molecule has 0 aromatic heterocycles. The molecule has 110 valence electrons. The van der Waals surface area contributed by atoms with E-state index in [1.807, 2.05) is 23.9 Å². The van der Waals surface area contributed by atoms with Gasteiger partial charge in [0.2, 0.25) is 0 Å². The first-order valence-electron chi connectivity index (χ1n) is 6.82. The molecule has 1 aliphatic heterocycles. The number of halogens is 2. The lowest BCUT2D eigenvalue weighted by molar-refractivity contribution is 0.506. The molecule has 0 radical (unpaired) electrons. The molecule has 21 heavy (non-hydrogen) atoms. The second kappa shape index (κ2) is 6.71. The van der Waals surface area contributed by atoms with Gasteiger partial charge in [-0.1, -0.05) is 51.8 Å². The second-order valence-corrected chi connectivity index (χ2v) is 7.79. The van der Waals surface area contributed by atoms with Crippen molar-refractivity contribution in [2.24, 2.45) is 5.84 Å². The van der Waals surface area contributed by atoms with Crippen LogP contribution in [0.15, 0.2) is 51.8 Å². The summed E-state index contributed by atoms with van der Waals surface area (Å²) in [5, 5.41) is 1.22. The molecule has 0 bridgehead atoms. The molecule has 5 heteroatoms. The number of hydrazine groups is 1. The highest BCUT2D eigenvalue weighted by atomic mass is 79.9. The average molecular weight is 384 g/mol. The zero-order valence-corrected chi connectivity index (χ0v) is 14.5. The van der Waals surface area contributed by atoms with Crippen molar-refractivity contribution >= 4 is 39.3 Å². The van der Waals surface area contributed by atoms with E-state index in [1.165, 1.54) is 10.5 Å². The van der Waals surface area contributed by atoms with Gasteiger partial charge in [0.05, 0.1) is 0 Å². The molecule has 2 aromatic rings. The van der Waals surface area contributed by atoms with Gasteiger partial charge in [0.25, 0.3) is 0 Å². The first-order valence-corrected chi connectivity index (χ1v) is 8.87. The molecule has 1 heterocycles. The van der Waals surface area contributed by atoms with Gasteiger partial charge in [-0.25, -0.2) is 0 Å². The van der Waals surface area contributed by atoms with E-state index in [2.05, 4.69) is 51.7 Å². The number of benzene rings is 2. The minimum Gasteiger partial charge on any atom is -0.271 e. The van der Waals surface area contributed by atoms with Crippen LogP contribution in [-0.4, -0.2) is 11.3 Å². The van der Waals surface area contributed by atoms with Crippen LogP contribution in [0.5, 0.6) is 0 Å². The fraction of sp³-hybridized carbons (Fsp3) is 0.250. The Balaban J connectivity index is 1.75. The normalized spacial score (nSPS) is 18.5.